The lowest BCUT2D eigenvalue weighted by Crippen LogP contribution is -2.34. The third-order valence-electron chi connectivity index (χ3n) is 24.3. The average molecular weight is 1670 g/mol. The summed E-state index contributed by atoms with van der Waals surface area (Å²) in [6, 6.07) is 53.6. The van der Waals surface area contributed by atoms with Crippen molar-refractivity contribution < 1.29 is 38.4 Å². The van der Waals surface area contributed by atoms with Crippen LogP contribution in [0.25, 0.3) is 85.7 Å². The number of fused-ring (bicyclic) bond motifs is 4. The number of hydrogen-bond acceptors (Lipinski definition) is 12. The SMILES string of the molecule is [C-]#[N+]c1ccc(-n2c(C)c(C(=O)CN3CCCCC3)c3cc(CC(C)=O)ccc32)cc1.[C-]#[N+]c1ccc(-n2c(C)c(C(=O)CN3CCCCC3)c3cc(CNC(C)=O)ccc32)cc1.[C-]#[N+]c1ccc(-n2c(C)c(C(=O)CN3CCCCC3)c3ccc(CC(C)=O)cc32)cc1.[C-]#[N+]c1ccc(-n2c(C)c(C(=O)CN3CCCCC3)c3ccc(CC(C)=O)cc32)cc1. The Kier molecular flexibility index (Phi) is 29.7. The highest BCUT2D eigenvalue weighted by atomic mass is 16.2. The Hall–Kier alpha value is -13.1. The van der Waals surface area contributed by atoms with Gasteiger partial charge in [0.25, 0.3) is 0 Å². The van der Waals surface area contributed by atoms with Crippen LogP contribution in [0.4, 0.5) is 22.7 Å². The van der Waals surface area contributed by atoms with Crippen LogP contribution in [-0.2, 0) is 45.0 Å². The molecule has 4 aliphatic heterocycles. The molecular formula is C104H109N13O8. The zero-order valence-corrected chi connectivity index (χ0v) is 73.1. The number of rotatable bonds is 24. The molecule has 4 fully saturated rings. The van der Waals surface area contributed by atoms with Crippen LogP contribution in [0.1, 0.15) is 191 Å². The molecule has 638 valence electrons. The van der Waals surface area contributed by atoms with Crippen molar-refractivity contribution in [1.82, 2.24) is 43.2 Å². The predicted octanol–water partition coefficient (Wildman–Crippen LogP) is 20.7. The number of piperidine rings is 4. The van der Waals surface area contributed by atoms with Gasteiger partial charge in [-0.05, 0) is 259 Å². The largest absolute Gasteiger partial charge is 0.352 e. The van der Waals surface area contributed by atoms with Crippen molar-refractivity contribution in [1.29, 1.82) is 0 Å². The molecule has 0 aliphatic carbocycles. The monoisotopic (exact) mass is 1670 g/mol. The molecule has 0 unspecified atom stereocenters. The summed E-state index contributed by atoms with van der Waals surface area (Å²) in [5.74, 6) is 0.768. The number of likely N-dealkylation sites (tertiary alicyclic amines) is 4. The maximum Gasteiger partial charge on any atom is 0.217 e. The molecule has 0 radical (unpaired) electrons. The van der Waals surface area contributed by atoms with Crippen molar-refractivity contribution in [3.8, 4) is 22.7 Å². The Balaban J connectivity index is 0.000000143. The Labute approximate surface area is 732 Å². The molecule has 0 spiro atoms. The molecule has 8 heterocycles. The molecule has 21 nitrogen and oxygen atoms in total. The van der Waals surface area contributed by atoms with Crippen LogP contribution in [0.5, 0.6) is 0 Å². The summed E-state index contributed by atoms with van der Waals surface area (Å²) in [6.07, 6.45) is 15.2. The molecule has 4 aromatic heterocycles. The van der Waals surface area contributed by atoms with Crippen LogP contribution in [0, 0.1) is 54.0 Å². The van der Waals surface area contributed by atoms with E-state index in [1.54, 1.807) is 69.3 Å². The minimum atomic E-state index is -0.0832. The lowest BCUT2D eigenvalue weighted by molar-refractivity contribution is -0.119. The van der Waals surface area contributed by atoms with Gasteiger partial charge < -0.3 is 23.6 Å². The number of nitrogens with one attached hydrogen (secondary N) is 1. The van der Waals surface area contributed by atoms with Gasteiger partial charge in [-0.2, -0.15) is 0 Å². The highest BCUT2D eigenvalue weighted by molar-refractivity contribution is 6.14. The summed E-state index contributed by atoms with van der Waals surface area (Å²) < 4.78 is 8.34. The molecule has 125 heavy (non-hydrogen) atoms. The fourth-order valence-corrected chi connectivity index (χ4v) is 18.4. The highest BCUT2D eigenvalue weighted by Crippen LogP contribution is 2.38. The van der Waals surface area contributed by atoms with Gasteiger partial charge in [0.1, 0.15) is 17.3 Å². The third-order valence-corrected chi connectivity index (χ3v) is 24.3. The Bertz CT molecular complexity index is 6050. The first-order valence-electron chi connectivity index (χ1n) is 43.6. The van der Waals surface area contributed by atoms with E-state index in [1.165, 1.54) is 32.6 Å². The first-order valence-corrected chi connectivity index (χ1v) is 43.6. The van der Waals surface area contributed by atoms with Gasteiger partial charge in [-0.3, -0.25) is 58.0 Å². The first kappa shape index (κ1) is 89.6. The number of hydrogen-bond donors (Lipinski definition) is 1. The number of amides is 1. The Morgan fingerprint density at radius 2 is 0.528 bits per heavy atom. The van der Waals surface area contributed by atoms with Crippen LogP contribution < -0.4 is 5.32 Å². The van der Waals surface area contributed by atoms with Gasteiger partial charge in [-0.15, -0.1) is 0 Å². The second-order valence-corrected chi connectivity index (χ2v) is 33.7. The van der Waals surface area contributed by atoms with Crippen LogP contribution >= 0.6 is 0 Å². The molecule has 16 rings (SSSR count). The molecule has 1 amide bonds. The smallest absolute Gasteiger partial charge is 0.217 e. The number of ketones is 7. The van der Waals surface area contributed by atoms with E-state index in [0.29, 0.717) is 74.7 Å². The van der Waals surface area contributed by atoms with Gasteiger partial charge in [0.2, 0.25) is 5.91 Å². The quantitative estimate of drug-likeness (QED) is 0.0444. The molecule has 0 bridgehead atoms. The van der Waals surface area contributed by atoms with E-state index in [0.717, 1.165) is 237 Å². The zero-order valence-electron chi connectivity index (χ0n) is 73.1. The lowest BCUT2D eigenvalue weighted by Gasteiger charge is -2.25. The molecule has 4 aliphatic rings. The zero-order chi connectivity index (χ0) is 88.5. The van der Waals surface area contributed by atoms with Crippen molar-refractivity contribution in [3.05, 3.63) is 283 Å². The van der Waals surface area contributed by atoms with Crippen molar-refractivity contribution in [3.63, 3.8) is 0 Å². The summed E-state index contributed by atoms with van der Waals surface area (Å²) in [4.78, 5) is 123. The van der Waals surface area contributed by atoms with Crippen LogP contribution in [0.15, 0.2) is 170 Å². The van der Waals surface area contributed by atoms with Crippen LogP contribution in [-0.4, -0.2) is 163 Å². The molecular weight excluding hydrogens is 1560 g/mol. The molecule has 1 N–H and O–H groups in total. The maximum atomic E-state index is 13.5. The van der Waals surface area contributed by atoms with Crippen molar-refractivity contribution in [2.24, 2.45) is 0 Å². The second-order valence-electron chi connectivity index (χ2n) is 33.7. The van der Waals surface area contributed by atoms with Gasteiger partial charge >= 0.3 is 0 Å². The van der Waals surface area contributed by atoms with Gasteiger partial charge in [0, 0.05) is 122 Å². The Morgan fingerprint density at radius 3 is 0.792 bits per heavy atom. The predicted molar refractivity (Wildman–Crippen MR) is 496 cm³/mol. The number of nitrogens with zero attached hydrogens (tertiary/aromatic N) is 12. The lowest BCUT2D eigenvalue weighted by atomic mass is 10.0. The first-order chi connectivity index (χ1) is 60.4. The fraction of sp³-hybridized carbons (Fsp3) is 0.346. The second kappa shape index (κ2) is 41.4. The maximum absolute atomic E-state index is 13.5. The Morgan fingerprint density at radius 1 is 0.288 bits per heavy atom. The normalized spacial score (nSPS) is 14.4. The average Bonchev–Trinajstić information content (AvgIpc) is 1.62. The van der Waals surface area contributed by atoms with Gasteiger partial charge in [-0.1, -0.05) is 111 Å². The number of aromatic nitrogens is 4. The van der Waals surface area contributed by atoms with Gasteiger partial charge in [-0.25, -0.2) is 19.4 Å². The molecule has 4 saturated heterocycles. The van der Waals surface area contributed by atoms with E-state index in [4.69, 9.17) is 26.3 Å². The van der Waals surface area contributed by atoms with E-state index in [1.807, 2.05) is 149 Å². The minimum absolute atomic E-state index is 0.0832. The van der Waals surface area contributed by atoms with E-state index in [2.05, 4.69) is 62.6 Å². The highest BCUT2D eigenvalue weighted by Gasteiger charge is 2.30. The van der Waals surface area contributed by atoms with Crippen LogP contribution in [0.2, 0.25) is 0 Å². The number of carbonyl (C=O) groups excluding carboxylic acids is 8. The van der Waals surface area contributed by atoms with E-state index < -0.39 is 0 Å². The van der Waals surface area contributed by atoms with Gasteiger partial charge in [0.15, 0.2) is 45.9 Å². The molecule has 21 heteroatoms. The van der Waals surface area contributed by atoms with Crippen molar-refractivity contribution in [2.75, 3.05) is 78.5 Å². The van der Waals surface area contributed by atoms with E-state index in [-0.39, 0.29) is 46.4 Å². The molecule has 8 aromatic carbocycles. The standard InChI is InChI=1S/C26H28N4O2.3C26H27N3O2/c1-18-26(25(32)17-29-13-5-4-6-14-29)23-15-20(16-28-19(2)31)7-12-24(23)30(18)22-10-8-21(27-3)9-11-22;1-18(30)15-20-7-12-24-23(16-20)26(25(31)17-28-13-5-4-6-14-28)19(2)29(24)22-10-8-21(27-3)9-11-22;2*1-18(30)15-20-7-12-23-24(16-20)29(22-10-8-21(27-3)9-11-22)19(2)26(23)25(31)17-28-13-5-4-6-14-28/h7-12,15H,4-6,13-14,16-17H2,1-2H3,(H,28,31);3*7-12,16H,4-6,13-15,17H2,1-2H3. The summed E-state index contributed by atoms with van der Waals surface area (Å²) in [7, 11) is 0. The van der Waals surface area contributed by atoms with Gasteiger partial charge in [0.05, 0.1) is 74.5 Å². The van der Waals surface area contributed by atoms with Crippen molar-refractivity contribution in [2.45, 2.75) is 158 Å². The minimum Gasteiger partial charge on any atom is -0.352 e. The molecule has 0 saturated carbocycles. The number of benzene rings is 8. The summed E-state index contributed by atoms with van der Waals surface area (Å²) in [5.41, 5.74) is 20.1. The van der Waals surface area contributed by atoms with E-state index >= 15 is 0 Å². The third kappa shape index (κ3) is 21.4. The van der Waals surface area contributed by atoms with Crippen LogP contribution in [0.3, 0.4) is 0 Å². The van der Waals surface area contributed by atoms with Crippen molar-refractivity contribution >= 4 is 113 Å². The molecule has 0 atom stereocenters. The number of Topliss-reactive ketones (excluding diaryl/α,β-unsaturated/α-hetero) is 7. The summed E-state index contributed by atoms with van der Waals surface area (Å²) in [5, 5.41) is 6.48. The summed E-state index contributed by atoms with van der Waals surface area (Å²) in [6.45, 7) is 52.9. The topological polar surface area (TPSA) is 199 Å². The fourth-order valence-electron chi connectivity index (χ4n) is 18.4. The summed E-state index contributed by atoms with van der Waals surface area (Å²) >= 11 is 0. The number of carbonyl (C=O) groups is 8. The molecule has 12 aromatic rings. The van der Waals surface area contributed by atoms with E-state index in [9.17, 15) is 38.4 Å².